The first-order chi connectivity index (χ1) is 9.16. The zero-order valence-corrected chi connectivity index (χ0v) is 12.2. The number of hydrogen-bond acceptors (Lipinski definition) is 1. The molecule has 2 aromatic carbocycles. The van der Waals surface area contributed by atoms with Crippen LogP contribution in [0.5, 0.6) is 0 Å². The van der Waals surface area contributed by atoms with Gasteiger partial charge in [-0.15, -0.1) is 0 Å². The van der Waals surface area contributed by atoms with Crippen molar-refractivity contribution in [1.29, 1.82) is 0 Å². The van der Waals surface area contributed by atoms with Gasteiger partial charge in [-0.1, -0.05) is 36.4 Å². The summed E-state index contributed by atoms with van der Waals surface area (Å²) >= 11 is 3.51. The lowest BCUT2D eigenvalue weighted by Gasteiger charge is -2.29. The van der Waals surface area contributed by atoms with Gasteiger partial charge in [0.1, 0.15) is 0 Å². The van der Waals surface area contributed by atoms with E-state index >= 15 is 0 Å². The standard InChI is InChI=1S/C16H14BrNO/c1-10-5-4-8-14(15(10)17)18-16(19)13-9-11-6-2-3-7-12(11)13/h2-8,13H,9H2,1H3,(H,18,19). The van der Waals surface area contributed by atoms with Crippen molar-refractivity contribution in [2.75, 3.05) is 5.32 Å². The number of anilines is 1. The van der Waals surface area contributed by atoms with Crippen LogP contribution >= 0.6 is 15.9 Å². The van der Waals surface area contributed by atoms with Crippen LogP contribution in [-0.2, 0) is 11.2 Å². The van der Waals surface area contributed by atoms with Gasteiger partial charge >= 0.3 is 0 Å². The molecule has 2 nitrogen and oxygen atoms in total. The number of aryl methyl sites for hydroxylation is 1. The fraction of sp³-hybridized carbons (Fsp3) is 0.188. The fourth-order valence-electron chi connectivity index (χ4n) is 2.46. The summed E-state index contributed by atoms with van der Waals surface area (Å²) in [7, 11) is 0. The number of rotatable bonds is 2. The topological polar surface area (TPSA) is 29.1 Å². The number of fused-ring (bicyclic) bond motifs is 1. The minimum Gasteiger partial charge on any atom is -0.325 e. The highest BCUT2D eigenvalue weighted by atomic mass is 79.9. The zero-order chi connectivity index (χ0) is 13.4. The van der Waals surface area contributed by atoms with Crippen LogP contribution in [0.15, 0.2) is 46.9 Å². The summed E-state index contributed by atoms with van der Waals surface area (Å²) in [5, 5.41) is 3.01. The summed E-state index contributed by atoms with van der Waals surface area (Å²) in [6.07, 6.45) is 0.839. The third kappa shape index (κ3) is 2.19. The lowest BCUT2D eigenvalue weighted by Crippen LogP contribution is -2.30. The predicted octanol–water partition coefficient (Wildman–Crippen LogP) is 4.04. The number of benzene rings is 2. The highest BCUT2D eigenvalue weighted by molar-refractivity contribution is 9.10. The lowest BCUT2D eigenvalue weighted by molar-refractivity contribution is -0.118. The number of halogens is 1. The van der Waals surface area contributed by atoms with Crippen molar-refractivity contribution in [2.45, 2.75) is 19.3 Å². The van der Waals surface area contributed by atoms with E-state index in [1.165, 1.54) is 5.56 Å². The van der Waals surface area contributed by atoms with E-state index in [2.05, 4.69) is 27.3 Å². The Bertz CT molecular complexity index is 651. The summed E-state index contributed by atoms with van der Waals surface area (Å²) < 4.78 is 0.955. The Kier molecular flexibility index (Phi) is 3.15. The third-order valence-corrected chi connectivity index (χ3v) is 4.67. The highest BCUT2D eigenvalue weighted by Gasteiger charge is 2.31. The van der Waals surface area contributed by atoms with Gasteiger partial charge in [0.15, 0.2) is 0 Å². The molecule has 3 rings (SSSR count). The maximum atomic E-state index is 12.3. The molecule has 19 heavy (non-hydrogen) atoms. The first-order valence-corrected chi connectivity index (χ1v) is 7.10. The van der Waals surface area contributed by atoms with E-state index in [1.54, 1.807) is 0 Å². The van der Waals surface area contributed by atoms with E-state index in [9.17, 15) is 4.79 Å². The number of nitrogens with one attached hydrogen (secondary N) is 1. The van der Waals surface area contributed by atoms with Crippen molar-refractivity contribution in [3.63, 3.8) is 0 Å². The van der Waals surface area contributed by atoms with E-state index in [0.717, 1.165) is 27.7 Å². The molecule has 0 bridgehead atoms. The zero-order valence-electron chi connectivity index (χ0n) is 10.6. The van der Waals surface area contributed by atoms with Gasteiger partial charge in [0.2, 0.25) is 5.91 Å². The monoisotopic (exact) mass is 315 g/mol. The molecule has 0 fully saturated rings. The molecule has 0 saturated carbocycles. The van der Waals surface area contributed by atoms with E-state index < -0.39 is 0 Å². The van der Waals surface area contributed by atoms with Crippen LogP contribution in [-0.4, -0.2) is 5.91 Å². The molecular formula is C16H14BrNO. The summed E-state index contributed by atoms with van der Waals surface area (Å²) in [5.74, 6) is 0.0635. The van der Waals surface area contributed by atoms with Gasteiger partial charge in [0.05, 0.1) is 11.6 Å². The second kappa shape index (κ2) is 4.82. The van der Waals surface area contributed by atoms with Crippen LogP contribution in [0.25, 0.3) is 0 Å². The molecule has 1 aliphatic carbocycles. The molecule has 1 unspecified atom stereocenters. The van der Waals surface area contributed by atoms with Crippen molar-refractivity contribution in [2.24, 2.45) is 0 Å². The molecular weight excluding hydrogens is 302 g/mol. The van der Waals surface area contributed by atoms with Gasteiger partial charge in [-0.2, -0.15) is 0 Å². The lowest BCUT2D eigenvalue weighted by atomic mass is 9.77. The van der Waals surface area contributed by atoms with Crippen LogP contribution < -0.4 is 5.32 Å². The summed E-state index contributed by atoms with van der Waals surface area (Å²) in [5.41, 5.74) is 4.40. The first-order valence-electron chi connectivity index (χ1n) is 6.30. The SMILES string of the molecule is Cc1cccc(NC(=O)C2Cc3ccccc32)c1Br. The quantitative estimate of drug-likeness (QED) is 0.890. The minimum absolute atomic E-state index is 0.0105. The average molecular weight is 316 g/mol. The molecule has 96 valence electrons. The fourth-order valence-corrected chi connectivity index (χ4v) is 2.82. The Morgan fingerprint density at radius 1 is 1.21 bits per heavy atom. The van der Waals surface area contributed by atoms with E-state index in [1.807, 2.05) is 43.3 Å². The molecule has 1 aliphatic rings. The Labute approximate surface area is 121 Å². The molecule has 0 radical (unpaired) electrons. The van der Waals surface area contributed by atoms with Gasteiger partial charge < -0.3 is 5.32 Å². The largest absolute Gasteiger partial charge is 0.325 e. The normalized spacial score (nSPS) is 16.4. The number of hydrogen-bond donors (Lipinski definition) is 1. The molecule has 0 heterocycles. The second-order valence-corrected chi connectivity index (χ2v) is 5.67. The van der Waals surface area contributed by atoms with Crippen LogP contribution in [0.4, 0.5) is 5.69 Å². The molecule has 0 saturated heterocycles. The first kappa shape index (κ1) is 12.4. The molecule has 2 aromatic rings. The van der Waals surface area contributed by atoms with Crippen LogP contribution in [0, 0.1) is 6.92 Å². The van der Waals surface area contributed by atoms with E-state index in [-0.39, 0.29) is 11.8 Å². The summed E-state index contributed by atoms with van der Waals surface area (Å²) in [6, 6.07) is 14.0. The Hall–Kier alpha value is -1.61. The second-order valence-electron chi connectivity index (χ2n) is 4.88. The van der Waals surface area contributed by atoms with Crippen molar-refractivity contribution < 1.29 is 4.79 Å². The maximum Gasteiger partial charge on any atom is 0.232 e. The van der Waals surface area contributed by atoms with Gasteiger partial charge in [0, 0.05) is 4.47 Å². The van der Waals surface area contributed by atoms with E-state index in [0.29, 0.717) is 0 Å². The van der Waals surface area contributed by atoms with Crippen molar-refractivity contribution in [3.05, 3.63) is 63.6 Å². The van der Waals surface area contributed by atoms with Crippen LogP contribution in [0.2, 0.25) is 0 Å². The predicted molar refractivity (Wildman–Crippen MR) is 80.4 cm³/mol. The Balaban J connectivity index is 1.79. The maximum absolute atomic E-state index is 12.3. The molecule has 0 spiro atoms. The number of carbonyl (C=O) groups is 1. The Morgan fingerprint density at radius 3 is 2.79 bits per heavy atom. The molecule has 1 N–H and O–H groups in total. The molecule has 1 atom stereocenters. The van der Waals surface area contributed by atoms with Gasteiger partial charge in [-0.25, -0.2) is 0 Å². The Morgan fingerprint density at radius 2 is 2.00 bits per heavy atom. The molecule has 1 amide bonds. The van der Waals surface area contributed by atoms with Crippen molar-refractivity contribution in [1.82, 2.24) is 0 Å². The van der Waals surface area contributed by atoms with Crippen molar-refractivity contribution >= 4 is 27.5 Å². The molecule has 3 heteroatoms. The minimum atomic E-state index is -0.0105. The van der Waals surface area contributed by atoms with Gasteiger partial charge in [0.25, 0.3) is 0 Å². The number of amides is 1. The van der Waals surface area contributed by atoms with Gasteiger partial charge in [-0.05, 0) is 52.0 Å². The summed E-state index contributed by atoms with van der Waals surface area (Å²) in [6.45, 7) is 2.01. The third-order valence-electron chi connectivity index (χ3n) is 3.62. The van der Waals surface area contributed by atoms with Crippen LogP contribution in [0.1, 0.15) is 22.6 Å². The average Bonchev–Trinajstić information content (AvgIpc) is 2.36. The highest BCUT2D eigenvalue weighted by Crippen LogP contribution is 2.36. The number of carbonyl (C=O) groups excluding carboxylic acids is 1. The smallest absolute Gasteiger partial charge is 0.232 e. The summed E-state index contributed by atoms with van der Waals surface area (Å²) in [4.78, 5) is 12.3. The molecule has 0 aromatic heterocycles. The molecule has 0 aliphatic heterocycles. The van der Waals surface area contributed by atoms with Crippen molar-refractivity contribution in [3.8, 4) is 0 Å². The van der Waals surface area contributed by atoms with E-state index in [4.69, 9.17) is 0 Å². The van der Waals surface area contributed by atoms with Crippen LogP contribution in [0.3, 0.4) is 0 Å². The van der Waals surface area contributed by atoms with Gasteiger partial charge in [-0.3, -0.25) is 4.79 Å².